The highest BCUT2D eigenvalue weighted by molar-refractivity contribution is 6.01. The van der Waals surface area contributed by atoms with Crippen molar-refractivity contribution in [3.63, 3.8) is 0 Å². The van der Waals surface area contributed by atoms with Crippen LogP contribution in [0.5, 0.6) is 0 Å². The number of halogens is 1. The first-order valence-electron chi connectivity index (χ1n) is 3.77. The minimum Gasteiger partial charge on any atom is -0.283 e. The van der Waals surface area contributed by atoms with Crippen molar-refractivity contribution in [3.8, 4) is 0 Å². The maximum absolute atomic E-state index is 12.3. The Kier molecular flexibility index (Phi) is 1.57. The molecule has 0 atom stereocenters. The molecule has 2 nitrogen and oxygen atoms in total. The lowest BCUT2D eigenvalue weighted by Crippen LogP contribution is -2.25. The predicted octanol–water partition coefficient (Wildman–Crippen LogP) is 1.50. The van der Waals surface area contributed by atoms with Gasteiger partial charge in [0, 0.05) is 0 Å². The lowest BCUT2D eigenvalue weighted by molar-refractivity contribution is -0.117. The van der Waals surface area contributed by atoms with Gasteiger partial charge in [0.05, 0.1) is 12.1 Å². The molecule has 1 heterocycles. The van der Waals surface area contributed by atoms with Gasteiger partial charge in [0.1, 0.15) is 0 Å². The number of anilines is 1. The molecule has 0 saturated carbocycles. The van der Waals surface area contributed by atoms with Gasteiger partial charge >= 0.3 is 0 Å². The lowest BCUT2D eigenvalue weighted by Gasteiger charge is -2.11. The van der Waals surface area contributed by atoms with Gasteiger partial charge in [0.25, 0.3) is 0 Å². The summed E-state index contributed by atoms with van der Waals surface area (Å²) < 4.78 is 12.3. The molecule has 0 aromatic heterocycles. The molecule has 1 aromatic rings. The molecule has 1 aromatic carbocycles. The van der Waals surface area contributed by atoms with Crippen LogP contribution in [0.25, 0.3) is 0 Å². The number of carbonyl (C=O) groups excluding carboxylic acids is 1. The summed E-state index contributed by atoms with van der Waals surface area (Å²) in [6.07, 6.45) is 0.333. The van der Waals surface area contributed by atoms with Gasteiger partial charge in [-0.05, 0) is 11.6 Å². The van der Waals surface area contributed by atoms with E-state index >= 15 is 0 Å². The first-order chi connectivity index (χ1) is 5.83. The second-order valence-corrected chi connectivity index (χ2v) is 2.75. The van der Waals surface area contributed by atoms with Gasteiger partial charge in [-0.3, -0.25) is 9.69 Å². The van der Waals surface area contributed by atoms with Crippen molar-refractivity contribution >= 4 is 11.6 Å². The van der Waals surface area contributed by atoms with E-state index in [1.54, 1.807) is 12.1 Å². The molecule has 3 heteroatoms. The van der Waals surface area contributed by atoms with Crippen LogP contribution >= 0.6 is 0 Å². The van der Waals surface area contributed by atoms with E-state index in [0.717, 1.165) is 10.5 Å². The minimum absolute atomic E-state index is 0.154. The summed E-state index contributed by atoms with van der Waals surface area (Å²) in [4.78, 5) is 12.3. The molecule has 0 unspecified atom stereocenters. The fourth-order valence-electron chi connectivity index (χ4n) is 1.45. The summed E-state index contributed by atoms with van der Waals surface area (Å²) in [6, 6.07) is 7.27. The number of carbonyl (C=O) groups is 1. The summed E-state index contributed by atoms with van der Waals surface area (Å²) in [5.74, 6) is -0.154. The Morgan fingerprint density at radius 1 is 1.42 bits per heavy atom. The smallest absolute Gasteiger partial charge is 0.233 e. The zero-order chi connectivity index (χ0) is 8.55. The van der Waals surface area contributed by atoms with Gasteiger partial charge < -0.3 is 0 Å². The highest BCUT2D eigenvalue weighted by atomic mass is 19.1. The molecule has 1 aliphatic rings. The number of para-hydroxylation sites is 1. The van der Waals surface area contributed by atoms with Crippen LogP contribution in [0.4, 0.5) is 10.1 Å². The van der Waals surface area contributed by atoms with E-state index in [2.05, 4.69) is 0 Å². The molecule has 1 aliphatic heterocycles. The second-order valence-electron chi connectivity index (χ2n) is 2.75. The Labute approximate surface area is 69.6 Å². The van der Waals surface area contributed by atoms with Crippen molar-refractivity contribution in [1.82, 2.24) is 0 Å². The minimum atomic E-state index is -0.726. The fourth-order valence-corrected chi connectivity index (χ4v) is 1.45. The van der Waals surface area contributed by atoms with E-state index < -0.39 is 6.80 Å². The molecule has 0 bridgehead atoms. The Morgan fingerprint density at radius 3 is 2.92 bits per heavy atom. The Bertz CT molecular complexity index is 324. The van der Waals surface area contributed by atoms with Crippen LogP contribution in [0.2, 0.25) is 0 Å². The van der Waals surface area contributed by atoms with Gasteiger partial charge in [-0.15, -0.1) is 0 Å². The average Bonchev–Trinajstić information content (AvgIpc) is 2.40. The van der Waals surface area contributed by atoms with Crippen LogP contribution in [-0.4, -0.2) is 12.7 Å². The Balaban J connectivity index is 2.47. The lowest BCUT2D eigenvalue weighted by atomic mass is 10.2. The average molecular weight is 165 g/mol. The third-order valence-corrected chi connectivity index (χ3v) is 2.04. The van der Waals surface area contributed by atoms with Crippen LogP contribution in [0.3, 0.4) is 0 Å². The van der Waals surface area contributed by atoms with Crippen molar-refractivity contribution in [3.05, 3.63) is 29.8 Å². The number of fused-ring (bicyclic) bond motifs is 1. The molecule has 0 saturated heterocycles. The SMILES string of the molecule is O=C1Cc2ccccc2N1CF. The largest absolute Gasteiger partial charge is 0.283 e. The molecular formula is C9H8FNO. The van der Waals surface area contributed by atoms with Gasteiger partial charge in [0.2, 0.25) is 5.91 Å². The molecule has 62 valence electrons. The van der Waals surface area contributed by atoms with Crippen LogP contribution in [0.1, 0.15) is 5.56 Å². The van der Waals surface area contributed by atoms with E-state index in [0.29, 0.717) is 12.1 Å². The summed E-state index contributed by atoms with van der Waals surface area (Å²) >= 11 is 0. The first-order valence-corrected chi connectivity index (χ1v) is 3.77. The van der Waals surface area contributed by atoms with E-state index in [1.807, 2.05) is 12.1 Å². The topological polar surface area (TPSA) is 20.3 Å². The maximum atomic E-state index is 12.3. The zero-order valence-corrected chi connectivity index (χ0v) is 6.46. The quantitative estimate of drug-likeness (QED) is 0.577. The molecule has 0 fully saturated rings. The van der Waals surface area contributed by atoms with Gasteiger partial charge in [-0.25, -0.2) is 4.39 Å². The summed E-state index contributed by atoms with van der Waals surface area (Å²) in [6.45, 7) is -0.726. The monoisotopic (exact) mass is 165 g/mol. The molecule has 0 spiro atoms. The predicted molar refractivity (Wildman–Crippen MR) is 43.6 cm³/mol. The van der Waals surface area contributed by atoms with Gasteiger partial charge in [-0.1, -0.05) is 18.2 Å². The van der Waals surface area contributed by atoms with Crippen LogP contribution in [0, 0.1) is 0 Å². The molecule has 2 rings (SSSR count). The maximum Gasteiger partial charge on any atom is 0.233 e. The molecule has 0 N–H and O–H groups in total. The Morgan fingerprint density at radius 2 is 2.17 bits per heavy atom. The fraction of sp³-hybridized carbons (Fsp3) is 0.222. The van der Waals surface area contributed by atoms with Crippen molar-refractivity contribution < 1.29 is 9.18 Å². The zero-order valence-electron chi connectivity index (χ0n) is 6.46. The Hall–Kier alpha value is -1.38. The van der Waals surface area contributed by atoms with Gasteiger partial charge in [-0.2, -0.15) is 0 Å². The van der Waals surface area contributed by atoms with Crippen molar-refractivity contribution in [2.75, 3.05) is 11.7 Å². The molecule has 12 heavy (non-hydrogen) atoms. The summed E-state index contributed by atoms with van der Waals surface area (Å²) in [5.41, 5.74) is 1.63. The molecular weight excluding hydrogens is 157 g/mol. The van der Waals surface area contributed by atoms with Crippen LogP contribution < -0.4 is 4.90 Å². The van der Waals surface area contributed by atoms with E-state index in [4.69, 9.17) is 0 Å². The number of rotatable bonds is 1. The van der Waals surface area contributed by atoms with Gasteiger partial charge in [0.15, 0.2) is 6.80 Å². The summed E-state index contributed by atoms with van der Waals surface area (Å²) in [7, 11) is 0. The van der Waals surface area contributed by atoms with E-state index in [-0.39, 0.29) is 5.91 Å². The third kappa shape index (κ3) is 0.897. The van der Waals surface area contributed by atoms with E-state index in [9.17, 15) is 9.18 Å². The van der Waals surface area contributed by atoms with Crippen molar-refractivity contribution in [2.24, 2.45) is 0 Å². The first kappa shape index (κ1) is 7.28. The van der Waals surface area contributed by atoms with E-state index in [1.165, 1.54) is 0 Å². The number of amides is 1. The second kappa shape index (κ2) is 2.59. The number of hydrogen-bond donors (Lipinski definition) is 0. The number of alkyl halides is 1. The van der Waals surface area contributed by atoms with Crippen molar-refractivity contribution in [1.29, 1.82) is 0 Å². The highest BCUT2D eigenvalue weighted by Crippen LogP contribution is 2.27. The number of hydrogen-bond acceptors (Lipinski definition) is 1. The van der Waals surface area contributed by atoms with Crippen LogP contribution in [-0.2, 0) is 11.2 Å². The van der Waals surface area contributed by atoms with Crippen LogP contribution in [0.15, 0.2) is 24.3 Å². The molecule has 0 aliphatic carbocycles. The number of nitrogens with zero attached hydrogens (tertiary/aromatic N) is 1. The highest BCUT2D eigenvalue weighted by Gasteiger charge is 2.25. The summed E-state index contributed by atoms with van der Waals surface area (Å²) in [5, 5.41) is 0. The number of benzene rings is 1. The molecule has 1 amide bonds. The molecule has 0 radical (unpaired) electrons. The third-order valence-electron chi connectivity index (χ3n) is 2.04. The van der Waals surface area contributed by atoms with Crippen molar-refractivity contribution in [2.45, 2.75) is 6.42 Å². The standard InChI is InChI=1S/C9H8FNO/c10-6-11-8-4-2-1-3-7(8)5-9(11)12/h1-4H,5-6H2. The normalized spacial score (nSPS) is 15.1.